The lowest BCUT2D eigenvalue weighted by Gasteiger charge is -2.13. The first-order chi connectivity index (χ1) is 8.91. The molecule has 3 amide bonds. The molecular weight excluding hydrogens is 242 g/mol. The molecule has 1 fully saturated rings. The maximum atomic E-state index is 12.3. The third kappa shape index (κ3) is 2.31. The number of rotatable bonds is 2. The second-order valence-electron chi connectivity index (χ2n) is 4.80. The van der Waals surface area contributed by atoms with Crippen molar-refractivity contribution in [1.82, 2.24) is 9.80 Å². The number of nitrogens with zero attached hydrogens (tertiary/aromatic N) is 3. The summed E-state index contributed by atoms with van der Waals surface area (Å²) in [7, 11) is 5.23. The van der Waals surface area contributed by atoms with E-state index in [1.54, 1.807) is 24.2 Å². The van der Waals surface area contributed by atoms with Gasteiger partial charge in [0.2, 0.25) is 0 Å². The molecule has 2 rings (SSSR count). The number of anilines is 1. The maximum absolute atomic E-state index is 12.3. The SMILES string of the molecule is Cc1cccc(N2C(=O)/C(=C/N(C)C)N(C)C2=O)c1. The average Bonchev–Trinajstić information content (AvgIpc) is 2.53. The van der Waals surface area contributed by atoms with E-state index < -0.39 is 0 Å². The number of aryl methyl sites for hydroxylation is 1. The van der Waals surface area contributed by atoms with Gasteiger partial charge in [-0.3, -0.25) is 9.69 Å². The summed E-state index contributed by atoms with van der Waals surface area (Å²) in [6, 6.07) is 7.01. The molecule has 1 aromatic carbocycles. The fourth-order valence-electron chi connectivity index (χ4n) is 1.98. The van der Waals surface area contributed by atoms with Crippen LogP contribution in [0.25, 0.3) is 0 Å². The molecule has 0 bridgehead atoms. The predicted molar refractivity (Wildman–Crippen MR) is 73.6 cm³/mol. The molecule has 0 unspecified atom stereocenters. The molecule has 5 heteroatoms. The van der Waals surface area contributed by atoms with Crippen LogP contribution in [0.4, 0.5) is 10.5 Å². The highest BCUT2D eigenvalue weighted by molar-refractivity contribution is 6.26. The monoisotopic (exact) mass is 259 g/mol. The highest BCUT2D eigenvalue weighted by Gasteiger charge is 2.39. The van der Waals surface area contributed by atoms with Crippen LogP contribution in [0.5, 0.6) is 0 Å². The summed E-state index contributed by atoms with van der Waals surface area (Å²) in [6.45, 7) is 1.93. The summed E-state index contributed by atoms with van der Waals surface area (Å²) >= 11 is 0. The van der Waals surface area contributed by atoms with Crippen molar-refractivity contribution in [3.05, 3.63) is 41.7 Å². The first kappa shape index (κ1) is 13.1. The average molecular weight is 259 g/mol. The lowest BCUT2D eigenvalue weighted by atomic mass is 10.2. The van der Waals surface area contributed by atoms with E-state index in [-0.39, 0.29) is 11.9 Å². The summed E-state index contributed by atoms with van der Waals surface area (Å²) in [5.41, 5.74) is 1.98. The lowest BCUT2D eigenvalue weighted by molar-refractivity contribution is -0.114. The molecule has 0 saturated carbocycles. The van der Waals surface area contributed by atoms with Gasteiger partial charge in [-0.05, 0) is 24.6 Å². The molecule has 0 radical (unpaired) electrons. The number of hydrogen-bond donors (Lipinski definition) is 0. The Balaban J connectivity index is 2.44. The molecule has 100 valence electrons. The van der Waals surface area contributed by atoms with Gasteiger partial charge in [0.1, 0.15) is 5.70 Å². The molecule has 1 heterocycles. The molecule has 5 nitrogen and oxygen atoms in total. The molecule has 0 aliphatic carbocycles. The van der Waals surface area contributed by atoms with Gasteiger partial charge in [-0.25, -0.2) is 9.69 Å². The Hall–Kier alpha value is -2.30. The van der Waals surface area contributed by atoms with Crippen LogP contribution in [-0.2, 0) is 4.79 Å². The van der Waals surface area contributed by atoms with Gasteiger partial charge in [0, 0.05) is 27.3 Å². The fraction of sp³-hybridized carbons (Fsp3) is 0.286. The number of carbonyl (C=O) groups is 2. The Kier molecular flexibility index (Phi) is 3.29. The molecule has 0 aromatic heterocycles. The predicted octanol–water partition coefficient (Wildman–Crippen LogP) is 1.80. The second-order valence-corrected chi connectivity index (χ2v) is 4.80. The smallest absolute Gasteiger partial charge is 0.336 e. The Morgan fingerprint density at radius 2 is 1.89 bits per heavy atom. The summed E-state index contributed by atoms with van der Waals surface area (Å²) in [5, 5.41) is 0. The van der Waals surface area contributed by atoms with Gasteiger partial charge in [-0.1, -0.05) is 12.1 Å². The molecule has 19 heavy (non-hydrogen) atoms. The van der Waals surface area contributed by atoms with Crippen LogP contribution in [0, 0.1) is 6.92 Å². The van der Waals surface area contributed by atoms with Crippen molar-refractivity contribution in [3.63, 3.8) is 0 Å². The van der Waals surface area contributed by atoms with Gasteiger partial charge in [0.15, 0.2) is 0 Å². The lowest BCUT2D eigenvalue weighted by Crippen LogP contribution is -2.31. The van der Waals surface area contributed by atoms with E-state index in [9.17, 15) is 9.59 Å². The topological polar surface area (TPSA) is 43.9 Å². The molecule has 0 N–H and O–H groups in total. The van der Waals surface area contributed by atoms with E-state index in [0.29, 0.717) is 11.4 Å². The quantitative estimate of drug-likeness (QED) is 0.601. The number of hydrogen-bond acceptors (Lipinski definition) is 3. The summed E-state index contributed by atoms with van der Waals surface area (Å²) in [6.07, 6.45) is 1.65. The zero-order chi connectivity index (χ0) is 14.2. The van der Waals surface area contributed by atoms with Crippen LogP contribution in [0.3, 0.4) is 0 Å². The van der Waals surface area contributed by atoms with Crippen molar-refractivity contribution in [2.45, 2.75) is 6.92 Å². The molecule has 1 saturated heterocycles. The van der Waals surface area contributed by atoms with E-state index in [0.717, 1.165) is 5.56 Å². The van der Waals surface area contributed by atoms with Crippen LogP contribution < -0.4 is 4.90 Å². The third-order valence-corrected chi connectivity index (χ3v) is 2.90. The molecule has 1 aromatic rings. The summed E-state index contributed by atoms with van der Waals surface area (Å²) < 4.78 is 0. The first-order valence-corrected chi connectivity index (χ1v) is 5.99. The van der Waals surface area contributed by atoms with Gasteiger partial charge in [0.25, 0.3) is 5.91 Å². The van der Waals surface area contributed by atoms with Crippen molar-refractivity contribution in [3.8, 4) is 0 Å². The number of carbonyl (C=O) groups excluding carboxylic acids is 2. The van der Waals surface area contributed by atoms with Crippen LogP contribution in [-0.4, -0.2) is 42.9 Å². The van der Waals surface area contributed by atoms with E-state index >= 15 is 0 Å². The van der Waals surface area contributed by atoms with Crippen LogP contribution in [0.2, 0.25) is 0 Å². The van der Waals surface area contributed by atoms with Crippen molar-refractivity contribution < 1.29 is 9.59 Å². The minimum atomic E-state index is -0.330. The van der Waals surface area contributed by atoms with Crippen molar-refractivity contribution in [2.75, 3.05) is 26.0 Å². The molecule has 1 aliphatic rings. The minimum Gasteiger partial charge on any atom is -0.382 e. The molecule has 1 aliphatic heterocycles. The Morgan fingerprint density at radius 1 is 1.21 bits per heavy atom. The number of imide groups is 1. The summed E-state index contributed by atoms with van der Waals surface area (Å²) in [5.74, 6) is -0.299. The fourth-order valence-corrected chi connectivity index (χ4v) is 1.98. The van der Waals surface area contributed by atoms with Crippen LogP contribution >= 0.6 is 0 Å². The Labute approximate surface area is 112 Å². The zero-order valence-corrected chi connectivity index (χ0v) is 11.5. The highest BCUT2D eigenvalue weighted by Crippen LogP contribution is 2.26. The van der Waals surface area contributed by atoms with Crippen LogP contribution in [0.15, 0.2) is 36.2 Å². The van der Waals surface area contributed by atoms with Gasteiger partial charge in [0.05, 0.1) is 5.69 Å². The molecule has 0 spiro atoms. The van der Waals surface area contributed by atoms with Gasteiger partial charge < -0.3 is 4.90 Å². The largest absolute Gasteiger partial charge is 0.382 e. The zero-order valence-electron chi connectivity index (χ0n) is 11.5. The van der Waals surface area contributed by atoms with E-state index in [2.05, 4.69) is 0 Å². The van der Waals surface area contributed by atoms with Crippen molar-refractivity contribution >= 4 is 17.6 Å². The number of urea groups is 1. The van der Waals surface area contributed by atoms with Gasteiger partial charge in [-0.2, -0.15) is 0 Å². The molecule has 0 atom stereocenters. The normalized spacial score (nSPS) is 17.6. The van der Waals surface area contributed by atoms with E-state index in [4.69, 9.17) is 0 Å². The van der Waals surface area contributed by atoms with Gasteiger partial charge >= 0.3 is 6.03 Å². The first-order valence-electron chi connectivity index (χ1n) is 5.99. The standard InChI is InChI=1S/C14H17N3O2/c1-10-6-5-7-11(8-10)17-13(18)12(9-15(2)3)16(4)14(17)19/h5-9H,1-4H3/b12-9-. The number of likely N-dealkylation sites (N-methyl/N-ethyl adjacent to an activating group) is 1. The van der Waals surface area contributed by atoms with Crippen molar-refractivity contribution in [2.24, 2.45) is 0 Å². The second kappa shape index (κ2) is 4.76. The molecular formula is C14H17N3O2. The summed E-state index contributed by atoms with van der Waals surface area (Å²) in [4.78, 5) is 28.8. The highest BCUT2D eigenvalue weighted by atomic mass is 16.2. The third-order valence-electron chi connectivity index (χ3n) is 2.90. The number of amides is 3. The maximum Gasteiger partial charge on any atom is 0.336 e. The number of benzene rings is 1. The minimum absolute atomic E-state index is 0.299. The van der Waals surface area contributed by atoms with Gasteiger partial charge in [-0.15, -0.1) is 0 Å². The van der Waals surface area contributed by atoms with Crippen LogP contribution in [0.1, 0.15) is 5.56 Å². The Morgan fingerprint density at radius 3 is 2.47 bits per heavy atom. The van der Waals surface area contributed by atoms with Crippen molar-refractivity contribution in [1.29, 1.82) is 0 Å². The Bertz CT molecular complexity index is 564. The van der Waals surface area contributed by atoms with E-state index in [1.165, 1.54) is 9.80 Å². The van der Waals surface area contributed by atoms with E-state index in [1.807, 2.05) is 39.2 Å².